The molecule has 7 nitrogen and oxygen atoms in total. The third kappa shape index (κ3) is 7.22. The molecular weight excluding hydrogens is 879 g/mol. The number of hydrogen-bond donors (Lipinski definition) is 0. The van der Waals surface area contributed by atoms with E-state index in [1.165, 1.54) is 44.5 Å². The van der Waals surface area contributed by atoms with Crippen molar-refractivity contribution in [1.29, 1.82) is 5.26 Å². The summed E-state index contributed by atoms with van der Waals surface area (Å²) >= 11 is 0. The molecule has 0 fully saturated rings. The highest BCUT2D eigenvalue weighted by atomic mass is 15.1. The lowest BCUT2D eigenvalue weighted by Gasteiger charge is -2.18. The summed E-state index contributed by atoms with van der Waals surface area (Å²) in [7, 11) is 0. The molecule has 12 rings (SSSR count). The van der Waals surface area contributed by atoms with E-state index < -0.39 is 0 Å². The lowest BCUT2D eigenvalue weighted by atomic mass is 9.93. The van der Waals surface area contributed by atoms with Gasteiger partial charge < -0.3 is 9.13 Å². The molecule has 0 aliphatic carbocycles. The summed E-state index contributed by atoms with van der Waals surface area (Å²) in [6.07, 6.45) is 0. The normalized spacial score (nSPS) is 11.4. The Morgan fingerprint density at radius 3 is 1.36 bits per heavy atom. The zero-order chi connectivity index (χ0) is 49.4. The van der Waals surface area contributed by atoms with Gasteiger partial charge in [-0.2, -0.15) is 5.26 Å². The first-order valence-electron chi connectivity index (χ1n) is 24.2. The standard InChI is InChI=1S/C65H47N7/c1-38-29-40(3)61(41(4)30-38)46-22-25-51-49-17-11-13-19-55(49)71(59(51)34-46)57-27-21-44(37-66)33-53(57)64-68-63(45-15-9-8-10-16-45)69-65(70-64)54-36-48(67-7)24-28-58(54)72-56-20-14-12-18-50(56)52-26-23-47(35-60(52)72)62-42(5)31-39(2)32-43(62)6/h8-36H,1-6H3. The third-order valence-corrected chi connectivity index (χ3v) is 14.1. The van der Waals surface area contributed by atoms with Crippen LogP contribution in [0.1, 0.15) is 38.9 Å². The van der Waals surface area contributed by atoms with Crippen molar-refractivity contribution in [2.24, 2.45) is 0 Å². The number of nitriles is 1. The smallest absolute Gasteiger partial charge is 0.188 e. The maximum atomic E-state index is 10.5. The molecule has 3 aromatic heterocycles. The molecule has 0 saturated heterocycles. The highest BCUT2D eigenvalue weighted by Gasteiger charge is 2.24. The van der Waals surface area contributed by atoms with Crippen molar-refractivity contribution in [3.63, 3.8) is 0 Å². The highest BCUT2D eigenvalue weighted by molar-refractivity contribution is 6.12. The van der Waals surface area contributed by atoms with Crippen LogP contribution in [0.5, 0.6) is 0 Å². The number of aromatic nitrogens is 5. The van der Waals surface area contributed by atoms with Gasteiger partial charge in [-0.05, 0) is 141 Å². The Balaban J connectivity index is 1.14. The Morgan fingerprint density at radius 1 is 0.417 bits per heavy atom. The Morgan fingerprint density at radius 2 is 0.861 bits per heavy atom. The number of para-hydroxylation sites is 2. The average Bonchev–Trinajstić information content (AvgIpc) is 3.89. The van der Waals surface area contributed by atoms with Crippen molar-refractivity contribution >= 4 is 49.3 Å². The Bertz CT molecular complexity index is 4010. The second-order valence-corrected chi connectivity index (χ2v) is 19.0. The Kier molecular flexibility index (Phi) is 10.5. The molecule has 12 aromatic rings. The van der Waals surface area contributed by atoms with Crippen LogP contribution in [0, 0.1) is 59.4 Å². The van der Waals surface area contributed by atoms with Crippen LogP contribution in [0.2, 0.25) is 0 Å². The Labute approximate surface area is 418 Å². The molecule has 0 saturated carbocycles. The summed E-state index contributed by atoms with van der Waals surface area (Å²) in [5.41, 5.74) is 20.8. The quantitative estimate of drug-likeness (QED) is 0.149. The van der Waals surface area contributed by atoms with E-state index in [4.69, 9.17) is 21.5 Å². The molecule has 7 heteroatoms. The second-order valence-electron chi connectivity index (χ2n) is 19.0. The second kappa shape index (κ2) is 17.2. The fourth-order valence-electron chi connectivity index (χ4n) is 11.3. The molecule has 0 radical (unpaired) electrons. The average molecular weight is 926 g/mol. The van der Waals surface area contributed by atoms with Crippen molar-refractivity contribution in [3.8, 4) is 73.9 Å². The lowest BCUT2D eigenvalue weighted by Crippen LogP contribution is -2.06. The van der Waals surface area contributed by atoms with Crippen LogP contribution in [0.3, 0.4) is 0 Å². The van der Waals surface area contributed by atoms with Crippen molar-refractivity contribution in [2.75, 3.05) is 0 Å². The van der Waals surface area contributed by atoms with E-state index in [0.717, 1.165) is 71.7 Å². The summed E-state index contributed by atoms with van der Waals surface area (Å²) in [6, 6.07) is 63.3. The molecule has 0 N–H and O–H groups in total. The highest BCUT2D eigenvalue weighted by Crippen LogP contribution is 2.43. The van der Waals surface area contributed by atoms with E-state index in [2.05, 4.69) is 171 Å². The van der Waals surface area contributed by atoms with Crippen molar-refractivity contribution in [2.45, 2.75) is 41.5 Å². The minimum absolute atomic E-state index is 0.396. The molecule has 0 aliphatic heterocycles. The summed E-state index contributed by atoms with van der Waals surface area (Å²) in [5, 5.41) is 15.0. The van der Waals surface area contributed by atoms with Gasteiger partial charge in [0.05, 0.1) is 51.6 Å². The number of nitrogens with zero attached hydrogens (tertiary/aromatic N) is 7. The van der Waals surface area contributed by atoms with Gasteiger partial charge in [0.2, 0.25) is 0 Å². The van der Waals surface area contributed by atoms with Crippen molar-refractivity contribution < 1.29 is 0 Å². The molecule has 3 heterocycles. The molecule has 72 heavy (non-hydrogen) atoms. The number of fused-ring (bicyclic) bond motifs is 6. The van der Waals surface area contributed by atoms with E-state index in [1.54, 1.807) is 0 Å². The van der Waals surface area contributed by atoms with Crippen molar-refractivity contribution in [3.05, 3.63) is 226 Å². The molecule has 0 unspecified atom stereocenters. The number of aryl methyl sites for hydroxylation is 6. The SMILES string of the molecule is [C-]#[N+]c1ccc(-n2c3ccccc3c3ccc(-c4c(C)cc(C)cc4C)cc32)c(-c2nc(-c3ccccc3)nc(-c3cc(C#N)ccc3-n3c4ccccc4c4ccc(-c5c(C)cc(C)cc5C)cc43)n2)c1. The van der Waals surface area contributed by atoms with E-state index in [-0.39, 0.29) is 0 Å². The van der Waals surface area contributed by atoms with Gasteiger partial charge >= 0.3 is 0 Å². The van der Waals surface area contributed by atoms with Gasteiger partial charge in [0.1, 0.15) is 0 Å². The van der Waals surface area contributed by atoms with E-state index >= 15 is 0 Å². The molecule has 0 atom stereocenters. The summed E-state index contributed by atoms with van der Waals surface area (Å²) < 4.78 is 4.57. The molecule has 0 amide bonds. The molecule has 0 bridgehead atoms. The lowest BCUT2D eigenvalue weighted by molar-refractivity contribution is 1.06. The largest absolute Gasteiger partial charge is 0.309 e. The van der Waals surface area contributed by atoms with Gasteiger partial charge in [0.25, 0.3) is 0 Å². The maximum absolute atomic E-state index is 10.5. The van der Waals surface area contributed by atoms with E-state index in [1.807, 2.05) is 66.7 Å². The zero-order valence-electron chi connectivity index (χ0n) is 40.9. The minimum Gasteiger partial charge on any atom is -0.309 e. The van der Waals surface area contributed by atoms with Crippen LogP contribution in [0.25, 0.3) is 116 Å². The van der Waals surface area contributed by atoms with Crippen LogP contribution in [-0.4, -0.2) is 24.1 Å². The minimum atomic E-state index is 0.396. The summed E-state index contributed by atoms with van der Waals surface area (Å²) in [5.74, 6) is 1.26. The monoisotopic (exact) mass is 925 g/mol. The predicted molar refractivity (Wildman–Crippen MR) is 295 cm³/mol. The number of hydrogen-bond acceptors (Lipinski definition) is 4. The first-order chi connectivity index (χ1) is 35.1. The Hall–Kier alpha value is -9.43. The van der Waals surface area contributed by atoms with Crippen LogP contribution in [-0.2, 0) is 0 Å². The van der Waals surface area contributed by atoms with E-state index in [9.17, 15) is 5.26 Å². The molecular formula is C65H47N7. The molecule has 0 aliphatic rings. The predicted octanol–water partition coefficient (Wildman–Crippen LogP) is 16.7. The van der Waals surface area contributed by atoms with Crippen LogP contribution < -0.4 is 0 Å². The van der Waals surface area contributed by atoms with Crippen LogP contribution in [0.15, 0.2) is 176 Å². The fourth-order valence-corrected chi connectivity index (χ4v) is 11.3. The molecule has 342 valence electrons. The first kappa shape index (κ1) is 43.8. The van der Waals surface area contributed by atoms with Gasteiger partial charge in [-0.3, -0.25) is 0 Å². The van der Waals surface area contributed by atoms with Gasteiger partial charge in [0, 0.05) is 38.2 Å². The molecule has 0 spiro atoms. The van der Waals surface area contributed by atoms with Crippen molar-refractivity contribution in [1.82, 2.24) is 24.1 Å². The third-order valence-electron chi connectivity index (χ3n) is 14.1. The van der Waals surface area contributed by atoms with E-state index in [0.29, 0.717) is 39.9 Å². The van der Waals surface area contributed by atoms with Gasteiger partial charge in [-0.15, -0.1) is 0 Å². The number of rotatable bonds is 7. The first-order valence-corrected chi connectivity index (χ1v) is 24.2. The zero-order valence-corrected chi connectivity index (χ0v) is 40.9. The van der Waals surface area contributed by atoms with Crippen LogP contribution in [0.4, 0.5) is 5.69 Å². The van der Waals surface area contributed by atoms with Crippen LogP contribution >= 0.6 is 0 Å². The number of benzene rings is 9. The summed E-state index contributed by atoms with van der Waals surface area (Å²) in [6.45, 7) is 21.3. The van der Waals surface area contributed by atoms with Gasteiger partial charge in [0.15, 0.2) is 23.2 Å². The maximum Gasteiger partial charge on any atom is 0.188 e. The van der Waals surface area contributed by atoms with Gasteiger partial charge in [-0.25, -0.2) is 19.8 Å². The summed E-state index contributed by atoms with van der Waals surface area (Å²) in [4.78, 5) is 20.0. The van der Waals surface area contributed by atoms with Gasteiger partial charge in [-0.1, -0.05) is 132 Å². The molecule has 9 aromatic carbocycles. The fraction of sp³-hybridized carbons (Fsp3) is 0.0923. The topological polar surface area (TPSA) is 76.7 Å².